The number of carbonyl (C=O) groups excluding carboxylic acids is 1. The van der Waals surface area contributed by atoms with E-state index in [2.05, 4.69) is 12.2 Å². The van der Waals surface area contributed by atoms with Crippen LogP contribution in [0.15, 0.2) is 58.5 Å². The van der Waals surface area contributed by atoms with Crippen molar-refractivity contribution in [3.05, 3.63) is 59.1 Å². The molecule has 0 radical (unpaired) electrons. The highest BCUT2D eigenvalue weighted by Crippen LogP contribution is 2.36. The molecule has 0 atom stereocenters. The van der Waals surface area contributed by atoms with Gasteiger partial charge in [0.15, 0.2) is 5.66 Å². The molecule has 0 aliphatic carbocycles. The number of likely N-dealkylation sites (tertiary alicyclic amines) is 1. The summed E-state index contributed by atoms with van der Waals surface area (Å²) in [7, 11) is 1.60. The molecule has 2 heterocycles. The number of amides is 2. The van der Waals surface area contributed by atoms with Crippen molar-refractivity contribution in [3.63, 3.8) is 0 Å². The fourth-order valence-corrected chi connectivity index (χ4v) is 4.91. The molecular weight excluding hydrogens is 444 g/mol. The van der Waals surface area contributed by atoms with Gasteiger partial charge in [0.05, 0.1) is 18.5 Å². The predicted molar refractivity (Wildman–Crippen MR) is 134 cm³/mol. The summed E-state index contributed by atoms with van der Waals surface area (Å²) < 4.78 is 5.34. The number of benzene rings is 2. The van der Waals surface area contributed by atoms with Crippen LogP contribution in [0.5, 0.6) is 5.75 Å². The standard InChI is InChI=1S/C24H27ClN4O2S/c1-3-16-32-22-21(17-8-10-18(25)11-9-17)27-24(28-22)12-14-29(15-13-24)23(30)26-19-6-4-5-7-20(19)31-2/h4-11H,3,12-16H2,1-2H3,(H,26,30). The molecule has 2 amide bonds. The van der Waals surface area contributed by atoms with Crippen molar-refractivity contribution in [2.75, 3.05) is 31.3 Å². The van der Waals surface area contributed by atoms with E-state index in [0.717, 1.165) is 28.5 Å². The van der Waals surface area contributed by atoms with Crippen LogP contribution in [0, 0.1) is 0 Å². The van der Waals surface area contributed by atoms with Gasteiger partial charge in [-0.3, -0.25) is 4.99 Å². The zero-order valence-electron chi connectivity index (χ0n) is 18.3. The lowest BCUT2D eigenvalue weighted by Crippen LogP contribution is -2.46. The van der Waals surface area contributed by atoms with Gasteiger partial charge in [0.25, 0.3) is 0 Å². The molecule has 1 spiro atoms. The normalized spacial score (nSPS) is 17.2. The molecule has 0 aromatic heterocycles. The molecule has 8 heteroatoms. The summed E-state index contributed by atoms with van der Waals surface area (Å²) in [5.41, 5.74) is 2.14. The fourth-order valence-electron chi connectivity index (χ4n) is 3.85. The Bertz CT molecular complexity index is 1030. The number of anilines is 1. The molecule has 0 saturated carbocycles. The molecule has 1 N–H and O–H groups in total. The van der Waals surface area contributed by atoms with E-state index in [1.807, 2.05) is 53.4 Å². The number of hydrogen-bond acceptors (Lipinski definition) is 5. The lowest BCUT2D eigenvalue weighted by atomic mass is 9.98. The number of nitrogens with one attached hydrogen (secondary N) is 1. The first-order chi connectivity index (χ1) is 15.5. The number of rotatable bonds is 5. The van der Waals surface area contributed by atoms with Crippen LogP contribution in [-0.2, 0) is 0 Å². The molecule has 0 unspecified atom stereocenters. The van der Waals surface area contributed by atoms with Crippen LogP contribution in [-0.4, -0.2) is 53.3 Å². The van der Waals surface area contributed by atoms with E-state index in [-0.39, 0.29) is 6.03 Å². The van der Waals surface area contributed by atoms with Gasteiger partial charge in [-0.05, 0) is 36.4 Å². The van der Waals surface area contributed by atoms with Gasteiger partial charge in [-0.2, -0.15) is 0 Å². The van der Waals surface area contributed by atoms with Crippen LogP contribution in [0.1, 0.15) is 31.7 Å². The Kier molecular flexibility index (Phi) is 7.06. The molecule has 168 valence electrons. The maximum atomic E-state index is 12.8. The van der Waals surface area contributed by atoms with Crippen LogP contribution in [0.3, 0.4) is 0 Å². The Morgan fingerprint density at radius 2 is 1.88 bits per heavy atom. The summed E-state index contributed by atoms with van der Waals surface area (Å²) >= 11 is 7.83. The largest absolute Gasteiger partial charge is 0.495 e. The molecule has 2 aromatic carbocycles. The van der Waals surface area contributed by atoms with Gasteiger partial charge in [-0.15, -0.1) is 11.8 Å². The molecule has 6 nitrogen and oxygen atoms in total. The molecular formula is C24H27ClN4O2S. The smallest absolute Gasteiger partial charge is 0.321 e. The van der Waals surface area contributed by atoms with E-state index >= 15 is 0 Å². The third-order valence-electron chi connectivity index (χ3n) is 5.59. The van der Waals surface area contributed by atoms with Crippen molar-refractivity contribution in [1.82, 2.24) is 4.90 Å². The van der Waals surface area contributed by atoms with E-state index in [1.165, 1.54) is 0 Å². The van der Waals surface area contributed by atoms with E-state index in [0.29, 0.717) is 42.4 Å². The Morgan fingerprint density at radius 1 is 1.16 bits per heavy atom. The van der Waals surface area contributed by atoms with Crippen LogP contribution in [0.4, 0.5) is 10.5 Å². The van der Waals surface area contributed by atoms with Crippen molar-refractivity contribution in [2.45, 2.75) is 31.8 Å². The number of piperidine rings is 1. The van der Waals surface area contributed by atoms with E-state index in [9.17, 15) is 4.79 Å². The summed E-state index contributed by atoms with van der Waals surface area (Å²) in [5, 5.41) is 4.65. The third-order valence-corrected chi connectivity index (χ3v) is 7.02. The average Bonchev–Trinajstić information content (AvgIpc) is 3.16. The van der Waals surface area contributed by atoms with Gasteiger partial charge in [0.1, 0.15) is 10.8 Å². The van der Waals surface area contributed by atoms with Gasteiger partial charge in [0, 0.05) is 36.5 Å². The van der Waals surface area contributed by atoms with Gasteiger partial charge in [0.2, 0.25) is 0 Å². The number of hydrogen-bond donors (Lipinski definition) is 1. The van der Waals surface area contributed by atoms with Crippen LogP contribution in [0.25, 0.3) is 0 Å². The number of urea groups is 1. The zero-order valence-corrected chi connectivity index (χ0v) is 19.9. The second kappa shape index (κ2) is 9.96. The maximum Gasteiger partial charge on any atom is 0.321 e. The first-order valence-corrected chi connectivity index (χ1v) is 12.2. The highest BCUT2D eigenvalue weighted by molar-refractivity contribution is 8.15. The van der Waals surface area contributed by atoms with Gasteiger partial charge < -0.3 is 15.0 Å². The Labute approximate surface area is 198 Å². The number of aliphatic imine (C=N–C) groups is 2. The van der Waals surface area contributed by atoms with Gasteiger partial charge in [-0.25, -0.2) is 9.79 Å². The topological polar surface area (TPSA) is 66.3 Å². The van der Waals surface area contributed by atoms with Crippen molar-refractivity contribution in [2.24, 2.45) is 9.98 Å². The molecule has 32 heavy (non-hydrogen) atoms. The number of ether oxygens (including phenoxy) is 1. The summed E-state index contributed by atoms with van der Waals surface area (Å²) in [6.45, 7) is 3.34. The maximum absolute atomic E-state index is 12.8. The van der Waals surface area contributed by atoms with Crippen LogP contribution >= 0.6 is 23.4 Å². The molecule has 2 aliphatic rings. The van der Waals surface area contributed by atoms with Crippen molar-refractivity contribution >= 4 is 45.8 Å². The highest BCUT2D eigenvalue weighted by atomic mass is 35.5. The lowest BCUT2D eigenvalue weighted by molar-refractivity contribution is 0.175. The Hall–Kier alpha value is -2.51. The molecule has 0 bridgehead atoms. The third kappa shape index (κ3) is 4.94. The number of para-hydroxylation sites is 2. The first-order valence-electron chi connectivity index (χ1n) is 10.8. The van der Waals surface area contributed by atoms with Gasteiger partial charge in [-0.1, -0.05) is 42.8 Å². The molecule has 1 saturated heterocycles. The average molecular weight is 471 g/mol. The van der Waals surface area contributed by atoms with Crippen LogP contribution in [0.2, 0.25) is 5.02 Å². The summed E-state index contributed by atoms with van der Waals surface area (Å²) in [6.07, 6.45) is 2.46. The summed E-state index contributed by atoms with van der Waals surface area (Å²) in [6, 6.07) is 15.1. The second-order valence-corrected chi connectivity index (χ2v) is 9.35. The number of methoxy groups -OCH3 is 1. The summed E-state index contributed by atoms with van der Waals surface area (Å²) in [4.78, 5) is 24.8. The highest BCUT2D eigenvalue weighted by Gasteiger charge is 2.40. The summed E-state index contributed by atoms with van der Waals surface area (Å²) in [5.74, 6) is 1.64. The van der Waals surface area contributed by atoms with Crippen molar-refractivity contribution < 1.29 is 9.53 Å². The van der Waals surface area contributed by atoms with Crippen molar-refractivity contribution in [1.29, 1.82) is 0 Å². The first kappa shape index (κ1) is 22.7. The Balaban J connectivity index is 1.48. The van der Waals surface area contributed by atoms with E-state index < -0.39 is 5.66 Å². The van der Waals surface area contributed by atoms with E-state index in [4.69, 9.17) is 26.3 Å². The number of halogens is 1. The van der Waals surface area contributed by atoms with Gasteiger partial charge >= 0.3 is 6.03 Å². The molecule has 2 aliphatic heterocycles. The number of thioether (sulfide) groups is 1. The molecule has 4 rings (SSSR count). The SMILES string of the molecule is CCCSC1=NC2(CCN(C(=O)Nc3ccccc3OC)CC2)N=C1c1ccc(Cl)cc1. The van der Waals surface area contributed by atoms with E-state index in [1.54, 1.807) is 18.9 Å². The fraction of sp³-hybridized carbons (Fsp3) is 0.375. The quantitative estimate of drug-likeness (QED) is 0.607. The zero-order chi connectivity index (χ0) is 22.6. The minimum atomic E-state index is -0.494. The predicted octanol–water partition coefficient (Wildman–Crippen LogP) is 5.72. The monoisotopic (exact) mass is 470 g/mol. The molecule has 2 aromatic rings. The number of nitrogens with zero attached hydrogens (tertiary/aromatic N) is 3. The lowest BCUT2D eigenvalue weighted by Gasteiger charge is -2.35. The second-order valence-electron chi connectivity index (χ2n) is 7.83. The number of carbonyl (C=O) groups is 1. The Morgan fingerprint density at radius 3 is 2.56 bits per heavy atom. The van der Waals surface area contributed by atoms with Crippen molar-refractivity contribution in [3.8, 4) is 5.75 Å². The molecule has 1 fully saturated rings. The van der Waals surface area contributed by atoms with Crippen LogP contribution < -0.4 is 10.1 Å². The minimum absolute atomic E-state index is 0.131. The minimum Gasteiger partial charge on any atom is -0.495 e.